The second-order valence-electron chi connectivity index (χ2n) is 8.14. The van der Waals surface area contributed by atoms with E-state index in [4.69, 9.17) is 0 Å². The van der Waals surface area contributed by atoms with Crippen LogP contribution in [-0.4, -0.2) is 5.78 Å². The molecular weight excluding hydrogens is 383 g/mol. The van der Waals surface area contributed by atoms with Crippen LogP contribution >= 0.6 is 0 Å². The zero-order valence-corrected chi connectivity index (χ0v) is 17.2. The van der Waals surface area contributed by atoms with E-state index in [1.165, 1.54) is 6.07 Å². The lowest BCUT2D eigenvalue weighted by Crippen LogP contribution is -2.17. The first-order valence-corrected chi connectivity index (χ1v) is 10.7. The highest BCUT2D eigenvalue weighted by Gasteiger charge is 2.30. The van der Waals surface area contributed by atoms with Gasteiger partial charge in [-0.3, -0.25) is 4.79 Å². The maximum absolute atomic E-state index is 14.8. The van der Waals surface area contributed by atoms with Crippen molar-refractivity contribution in [3.8, 4) is 0 Å². The minimum Gasteiger partial charge on any atom is -0.293 e. The molecule has 2 aliphatic carbocycles. The highest BCUT2D eigenvalue weighted by Crippen LogP contribution is 2.45. The van der Waals surface area contributed by atoms with Gasteiger partial charge in [-0.2, -0.15) is 0 Å². The maximum atomic E-state index is 14.8. The van der Waals surface area contributed by atoms with E-state index in [2.05, 4.69) is 24.3 Å². The number of carbonyl (C=O) groups is 1. The number of hydrogen-bond donors (Lipinski definition) is 0. The summed E-state index contributed by atoms with van der Waals surface area (Å²) in [7, 11) is 0. The van der Waals surface area contributed by atoms with Crippen molar-refractivity contribution >= 4 is 17.4 Å². The summed E-state index contributed by atoms with van der Waals surface area (Å²) in [5.41, 5.74) is 5.84. The lowest BCUT2D eigenvalue weighted by Gasteiger charge is -2.23. The van der Waals surface area contributed by atoms with Gasteiger partial charge in [-0.05, 0) is 41.2 Å². The number of allylic oxidation sites excluding steroid dienone is 5. The van der Waals surface area contributed by atoms with Gasteiger partial charge in [-0.15, -0.1) is 0 Å². The highest BCUT2D eigenvalue weighted by molar-refractivity contribution is 6.04. The van der Waals surface area contributed by atoms with E-state index in [9.17, 15) is 9.18 Å². The molecule has 0 aromatic heterocycles. The van der Waals surface area contributed by atoms with Crippen molar-refractivity contribution in [3.63, 3.8) is 0 Å². The van der Waals surface area contributed by atoms with Crippen LogP contribution in [0.3, 0.4) is 0 Å². The van der Waals surface area contributed by atoms with Gasteiger partial charge in [-0.25, -0.2) is 4.39 Å². The van der Waals surface area contributed by atoms with Crippen LogP contribution in [-0.2, 0) is 0 Å². The van der Waals surface area contributed by atoms with Crippen LogP contribution in [0.15, 0.2) is 103 Å². The summed E-state index contributed by atoms with van der Waals surface area (Å²) < 4.78 is 14.8. The molecular formula is C29H23FO. The number of carbonyl (C=O) groups excluding carboxylic acids is 1. The van der Waals surface area contributed by atoms with Crippen LogP contribution in [0.1, 0.15) is 45.8 Å². The Morgan fingerprint density at radius 2 is 1.55 bits per heavy atom. The van der Waals surface area contributed by atoms with Gasteiger partial charge in [0, 0.05) is 17.4 Å². The van der Waals surface area contributed by atoms with E-state index >= 15 is 0 Å². The van der Waals surface area contributed by atoms with Gasteiger partial charge >= 0.3 is 0 Å². The fourth-order valence-corrected chi connectivity index (χ4v) is 4.71. The van der Waals surface area contributed by atoms with Gasteiger partial charge in [0.15, 0.2) is 5.78 Å². The summed E-state index contributed by atoms with van der Waals surface area (Å²) in [4.78, 5) is 13.0. The molecule has 0 bridgehead atoms. The second kappa shape index (κ2) is 8.31. The van der Waals surface area contributed by atoms with Gasteiger partial charge in [0.25, 0.3) is 0 Å². The van der Waals surface area contributed by atoms with Gasteiger partial charge in [-0.1, -0.05) is 103 Å². The third kappa shape index (κ3) is 3.70. The largest absolute Gasteiger partial charge is 0.293 e. The molecule has 3 aromatic carbocycles. The van der Waals surface area contributed by atoms with Crippen molar-refractivity contribution in [3.05, 3.63) is 131 Å². The Balaban J connectivity index is 1.40. The smallest absolute Gasteiger partial charge is 0.170 e. The van der Waals surface area contributed by atoms with E-state index in [1.54, 1.807) is 6.07 Å². The fourth-order valence-electron chi connectivity index (χ4n) is 4.71. The van der Waals surface area contributed by atoms with Crippen LogP contribution in [0.4, 0.5) is 4.39 Å². The van der Waals surface area contributed by atoms with Gasteiger partial charge < -0.3 is 0 Å². The van der Waals surface area contributed by atoms with Crippen molar-refractivity contribution in [2.45, 2.75) is 18.8 Å². The lowest BCUT2D eigenvalue weighted by atomic mass is 9.80. The molecule has 0 fully saturated rings. The number of ketones is 1. The van der Waals surface area contributed by atoms with Crippen molar-refractivity contribution in [1.29, 1.82) is 0 Å². The molecule has 0 aliphatic heterocycles. The Labute approximate surface area is 182 Å². The number of Topliss-reactive ketones (excluding diaryl/α,β-unsaturated/α-hetero) is 1. The van der Waals surface area contributed by atoms with E-state index in [0.29, 0.717) is 5.56 Å². The Morgan fingerprint density at radius 3 is 2.39 bits per heavy atom. The van der Waals surface area contributed by atoms with Gasteiger partial charge in [0.1, 0.15) is 5.82 Å². The first kappa shape index (κ1) is 19.4. The molecule has 2 heteroatoms. The van der Waals surface area contributed by atoms with Crippen LogP contribution in [0.25, 0.3) is 11.6 Å². The Hall–Kier alpha value is -3.52. The molecule has 5 rings (SSSR count). The summed E-state index contributed by atoms with van der Waals surface area (Å²) in [5.74, 6) is -0.281. The Kier molecular flexibility index (Phi) is 5.21. The van der Waals surface area contributed by atoms with Crippen LogP contribution < -0.4 is 0 Å². The van der Waals surface area contributed by atoms with Gasteiger partial charge in [0.2, 0.25) is 0 Å². The monoisotopic (exact) mass is 406 g/mol. The van der Waals surface area contributed by atoms with E-state index in [0.717, 1.165) is 40.7 Å². The summed E-state index contributed by atoms with van der Waals surface area (Å²) >= 11 is 0. The SMILES string of the molecule is O=C1c2ccccc2C=CC1CCC1=CC=C(c2ccccc2)C1c1ccccc1F. The molecule has 2 unspecified atom stereocenters. The standard InChI is InChI=1S/C29H23FO/c30-27-13-7-6-12-26(27)28-22(18-19-24(28)20-8-2-1-3-9-20)15-17-23-16-14-21-10-4-5-11-25(21)29(23)31/h1-14,16,18-19,23,28H,15,17H2. The van der Waals surface area contributed by atoms with Crippen LogP contribution in [0.5, 0.6) is 0 Å². The quantitative estimate of drug-likeness (QED) is 0.436. The topological polar surface area (TPSA) is 17.1 Å². The van der Waals surface area contributed by atoms with E-state index in [1.807, 2.05) is 66.7 Å². The van der Waals surface area contributed by atoms with Crippen LogP contribution in [0.2, 0.25) is 0 Å². The molecule has 2 atom stereocenters. The number of rotatable bonds is 5. The molecule has 3 aromatic rings. The van der Waals surface area contributed by atoms with E-state index < -0.39 is 0 Å². The third-order valence-corrected chi connectivity index (χ3v) is 6.30. The molecule has 0 spiro atoms. The van der Waals surface area contributed by atoms with Gasteiger partial charge in [0.05, 0.1) is 0 Å². The lowest BCUT2D eigenvalue weighted by molar-refractivity contribution is 0.0938. The second-order valence-corrected chi connectivity index (χ2v) is 8.14. The molecule has 0 saturated carbocycles. The molecule has 31 heavy (non-hydrogen) atoms. The third-order valence-electron chi connectivity index (χ3n) is 6.30. The summed E-state index contributed by atoms with van der Waals surface area (Å²) in [6, 6.07) is 24.9. The summed E-state index contributed by atoms with van der Waals surface area (Å²) in [6.07, 6.45) is 9.75. The minimum absolute atomic E-state index is 0.126. The van der Waals surface area contributed by atoms with Crippen molar-refractivity contribution in [2.75, 3.05) is 0 Å². The first-order valence-electron chi connectivity index (χ1n) is 10.7. The van der Waals surface area contributed by atoms with Crippen molar-refractivity contribution in [2.24, 2.45) is 5.92 Å². The number of fused-ring (bicyclic) bond motifs is 1. The zero-order chi connectivity index (χ0) is 21.2. The van der Waals surface area contributed by atoms with Crippen molar-refractivity contribution < 1.29 is 9.18 Å². The van der Waals surface area contributed by atoms with Crippen LogP contribution in [0, 0.1) is 11.7 Å². The maximum Gasteiger partial charge on any atom is 0.170 e. The molecule has 0 radical (unpaired) electrons. The Bertz CT molecular complexity index is 1220. The minimum atomic E-state index is -0.190. The zero-order valence-electron chi connectivity index (χ0n) is 17.2. The molecule has 0 amide bonds. The molecule has 0 saturated heterocycles. The van der Waals surface area contributed by atoms with E-state index in [-0.39, 0.29) is 23.4 Å². The highest BCUT2D eigenvalue weighted by atomic mass is 19.1. The average Bonchev–Trinajstić information content (AvgIpc) is 3.23. The Morgan fingerprint density at radius 1 is 0.806 bits per heavy atom. The summed E-state index contributed by atoms with van der Waals surface area (Å²) in [6.45, 7) is 0. The average molecular weight is 407 g/mol. The first-order chi connectivity index (χ1) is 15.2. The molecule has 152 valence electrons. The molecule has 2 aliphatic rings. The normalized spacial score (nSPS) is 19.7. The summed E-state index contributed by atoms with van der Waals surface area (Å²) in [5, 5.41) is 0. The molecule has 0 N–H and O–H groups in total. The predicted octanol–water partition coefficient (Wildman–Crippen LogP) is 7.24. The number of halogens is 1. The number of hydrogen-bond acceptors (Lipinski definition) is 1. The fraction of sp³-hybridized carbons (Fsp3) is 0.138. The number of benzene rings is 3. The molecule has 1 nitrogen and oxygen atoms in total. The molecule has 0 heterocycles. The van der Waals surface area contributed by atoms with Crippen molar-refractivity contribution in [1.82, 2.24) is 0 Å². The predicted molar refractivity (Wildman–Crippen MR) is 124 cm³/mol.